The van der Waals surface area contributed by atoms with E-state index in [1.807, 2.05) is 30.3 Å². The quantitative estimate of drug-likeness (QED) is 0.908. The third-order valence-electron chi connectivity index (χ3n) is 2.44. The maximum Gasteiger partial charge on any atom is 0.408 e. The Kier molecular flexibility index (Phi) is 5.10. The van der Waals surface area contributed by atoms with Gasteiger partial charge in [-0.2, -0.15) is 0 Å². The summed E-state index contributed by atoms with van der Waals surface area (Å²) in [5, 5.41) is 2.55. The van der Waals surface area contributed by atoms with E-state index in [0.717, 1.165) is 5.56 Å². The molecule has 0 radical (unpaired) electrons. The summed E-state index contributed by atoms with van der Waals surface area (Å²) in [4.78, 5) is 23.5. The molecule has 0 aromatic heterocycles. The maximum atomic E-state index is 11.9. The molecule has 1 rings (SSSR count). The molecule has 104 valence electrons. The monoisotopic (exact) mass is 263 g/mol. The highest BCUT2D eigenvalue weighted by atomic mass is 16.6. The highest BCUT2D eigenvalue weighted by molar-refractivity contribution is 5.88. The third kappa shape index (κ3) is 6.04. The number of hydrogen-bond acceptors (Lipinski definition) is 3. The second kappa shape index (κ2) is 6.36. The summed E-state index contributed by atoms with van der Waals surface area (Å²) in [7, 11) is 0. The van der Waals surface area contributed by atoms with E-state index in [4.69, 9.17) is 4.74 Å². The number of ketones is 1. The number of ether oxygens (including phenoxy) is 1. The summed E-state index contributed by atoms with van der Waals surface area (Å²) >= 11 is 0. The molecule has 1 aromatic rings. The Morgan fingerprint density at radius 1 is 1.21 bits per heavy atom. The van der Waals surface area contributed by atoms with Crippen LogP contribution in [0.4, 0.5) is 4.79 Å². The fourth-order valence-electron chi connectivity index (χ4n) is 1.51. The zero-order valence-corrected chi connectivity index (χ0v) is 11.9. The van der Waals surface area contributed by atoms with Crippen LogP contribution in [0.3, 0.4) is 0 Å². The number of carbonyl (C=O) groups is 2. The van der Waals surface area contributed by atoms with Crippen molar-refractivity contribution in [2.45, 2.75) is 45.8 Å². The predicted molar refractivity (Wildman–Crippen MR) is 74.0 cm³/mol. The molecule has 0 saturated heterocycles. The Labute approximate surface area is 114 Å². The minimum Gasteiger partial charge on any atom is -0.444 e. The van der Waals surface area contributed by atoms with Gasteiger partial charge in [0.1, 0.15) is 5.60 Å². The van der Waals surface area contributed by atoms with Crippen LogP contribution in [0.5, 0.6) is 0 Å². The van der Waals surface area contributed by atoms with Crippen molar-refractivity contribution in [3.8, 4) is 0 Å². The molecule has 0 aliphatic rings. The molecule has 19 heavy (non-hydrogen) atoms. The van der Waals surface area contributed by atoms with E-state index >= 15 is 0 Å². The van der Waals surface area contributed by atoms with Gasteiger partial charge in [0.2, 0.25) is 0 Å². The summed E-state index contributed by atoms with van der Waals surface area (Å²) in [5.41, 5.74) is 0.372. The molecule has 0 fully saturated rings. The lowest BCUT2D eigenvalue weighted by molar-refractivity contribution is -0.120. The fourth-order valence-corrected chi connectivity index (χ4v) is 1.51. The van der Waals surface area contributed by atoms with Crippen molar-refractivity contribution in [2.75, 3.05) is 0 Å². The van der Waals surface area contributed by atoms with Crippen LogP contribution >= 0.6 is 0 Å². The van der Waals surface area contributed by atoms with Gasteiger partial charge in [0.15, 0.2) is 5.78 Å². The van der Waals surface area contributed by atoms with Gasteiger partial charge in [-0.25, -0.2) is 4.79 Å². The van der Waals surface area contributed by atoms with Crippen LogP contribution in [0.25, 0.3) is 0 Å². The summed E-state index contributed by atoms with van der Waals surface area (Å²) in [6.45, 7) is 7.00. The Hall–Kier alpha value is -1.84. The van der Waals surface area contributed by atoms with Gasteiger partial charge in [-0.3, -0.25) is 4.79 Å². The van der Waals surface area contributed by atoms with Crippen LogP contribution in [-0.2, 0) is 16.0 Å². The lowest BCUT2D eigenvalue weighted by Gasteiger charge is -2.21. The van der Waals surface area contributed by atoms with E-state index in [-0.39, 0.29) is 5.78 Å². The molecule has 0 saturated carbocycles. The Balaban J connectivity index is 2.47. The largest absolute Gasteiger partial charge is 0.444 e. The Bertz CT molecular complexity index is 434. The van der Waals surface area contributed by atoms with Crippen molar-refractivity contribution < 1.29 is 14.3 Å². The molecule has 0 bridgehead atoms. The van der Waals surface area contributed by atoms with Gasteiger partial charge < -0.3 is 10.1 Å². The van der Waals surface area contributed by atoms with E-state index in [2.05, 4.69) is 5.32 Å². The van der Waals surface area contributed by atoms with E-state index < -0.39 is 17.7 Å². The minimum absolute atomic E-state index is 0.0444. The smallest absolute Gasteiger partial charge is 0.408 e. The third-order valence-corrected chi connectivity index (χ3v) is 2.44. The lowest BCUT2D eigenvalue weighted by atomic mass is 10.1. The summed E-state index contributed by atoms with van der Waals surface area (Å²) in [6, 6.07) is 8.88. The second-order valence-electron chi connectivity index (χ2n) is 5.50. The molecular weight excluding hydrogens is 242 g/mol. The average molecular weight is 263 g/mol. The first-order chi connectivity index (χ1) is 8.78. The van der Waals surface area contributed by atoms with Crippen LogP contribution < -0.4 is 5.32 Å². The zero-order chi connectivity index (χ0) is 14.5. The topological polar surface area (TPSA) is 55.4 Å². The van der Waals surface area contributed by atoms with E-state index in [0.29, 0.717) is 6.42 Å². The number of amides is 1. The number of hydrogen-bond donors (Lipinski definition) is 1. The van der Waals surface area contributed by atoms with Crippen LogP contribution in [-0.4, -0.2) is 23.5 Å². The fraction of sp³-hybridized carbons (Fsp3) is 0.467. The molecule has 0 heterocycles. The summed E-state index contributed by atoms with van der Waals surface area (Å²) in [5.74, 6) is -0.0444. The van der Waals surface area contributed by atoms with Gasteiger partial charge >= 0.3 is 6.09 Å². The van der Waals surface area contributed by atoms with Gasteiger partial charge in [0, 0.05) is 6.42 Å². The molecule has 4 heteroatoms. The SMILES string of the molecule is C[C@H](NC(=O)OC(C)(C)C)C(=O)Cc1ccccc1. The number of benzene rings is 1. The molecular formula is C15H21NO3. The van der Waals surface area contributed by atoms with Crippen LogP contribution in [0.1, 0.15) is 33.3 Å². The number of alkyl carbamates (subject to hydrolysis) is 1. The first-order valence-electron chi connectivity index (χ1n) is 6.34. The number of carbonyl (C=O) groups excluding carboxylic acids is 2. The van der Waals surface area contributed by atoms with Gasteiger partial charge in [0.05, 0.1) is 6.04 Å². The molecule has 1 N–H and O–H groups in total. The second-order valence-corrected chi connectivity index (χ2v) is 5.50. The van der Waals surface area contributed by atoms with Crippen LogP contribution in [0.15, 0.2) is 30.3 Å². The van der Waals surface area contributed by atoms with Crippen molar-refractivity contribution in [1.29, 1.82) is 0 Å². The van der Waals surface area contributed by atoms with Crippen molar-refractivity contribution in [3.05, 3.63) is 35.9 Å². The first-order valence-corrected chi connectivity index (χ1v) is 6.34. The molecule has 0 aliphatic heterocycles. The van der Waals surface area contributed by atoms with Crippen molar-refractivity contribution in [1.82, 2.24) is 5.32 Å². The molecule has 0 spiro atoms. The number of rotatable bonds is 4. The standard InChI is InChI=1S/C15H21NO3/c1-11(16-14(18)19-15(2,3)4)13(17)10-12-8-6-5-7-9-12/h5-9,11H,10H2,1-4H3,(H,16,18)/t11-/m0/s1. The maximum absolute atomic E-state index is 11.9. The van der Waals surface area contributed by atoms with Crippen LogP contribution in [0, 0.1) is 0 Å². The van der Waals surface area contributed by atoms with Gasteiger partial charge in [-0.05, 0) is 33.3 Å². The van der Waals surface area contributed by atoms with E-state index in [9.17, 15) is 9.59 Å². The van der Waals surface area contributed by atoms with Gasteiger partial charge in [-0.15, -0.1) is 0 Å². The normalized spacial score (nSPS) is 12.6. The van der Waals surface area contributed by atoms with Crippen molar-refractivity contribution in [2.24, 2.45) is 0 Å². The van der Waals surface area contributed by atoms with Crippen molar-refractivity contribution in [3.63, 3.8) is 0 Å². The average Bonchev–Trinajstić information content (AvgIpc) is 2.27. The molecule has 0 aliphatic carbocycles. The number of nitrogens with one attached hydrogen (secondary N) is 1. The lowest BCUT2D eigenvalue weighted by Crippen LogP contribution is -2.42. The summed E-state index contributed by atoms with van der Waals surface area (Å²) < 4.78 is 5.11. The van der Waals surface area contributed by atoms with Gasteiger partial charge in [-0.1, -0.05) is 30.3 Å². The van der Waals surface area contributed by atoms with Crippen LogP contribution in [0.2, 0.25) is 0 Å². The summed E-state index contributed by atoms with van der Waals surface area (Å²) in [6.07, 6.45) is -0.265. The highest BCUT2D eigenvalue weighted by Crippen LogP contribution is 2.07. The first kappa shape index (κ1) is 15.2. The highest BCUT2D eigenvalue weighted by Gasteiger charge is 2.20. The number of Topliss-reactive ketones (excluding diaryl/α,β-unsaturated/α-hetero) is 1. The Morgan fingerprint density at radius 3 is 2.32 bits per heavy atom. The van der Waals surface area contributed by atoms with E-state index in [1.54, 1.807) is 27.7 Å². The molecule has 1 amide bonds. The zero-order valence-electron chi connectivity index (χ0n) is 11.9. The van der Waals surface area contributed by atoms with E-state index in [1.165, 1.54) is 0 Å². The molecule has 0 unspecified atom stereocenters. The molecule has 1 atom stereocenters. The molecule has 1 aromatic carbocycles. The molecule has 4 nitrogen and oxygen atoms in total. The van der Waals surface area contributed by atoms with Gasteiger partial charge in [0.25, 0.3) is 0 Å². The Morgan fingerprint density at radius 2 is 1.79 bits per heavy atom. The van der Waals surface area contributed by atoms with Crippen molar-refractivity contribution >= 4 is 11.9 Å². The minimum atomic E-state index is -0.568. The predicted octanol–water partition coefficient (Wildman–Crippen LogP) is 2.71.